The molecule has 7 nitrogen and oxygen atoms in total. The van der Waals surface area contributed by atoms with E-state index in [-0.39, 0.29) is 29.8 Å². The summed E-state index contributed by atoms with van der Waals surface area (Å²) in [6.45, 7) is 3.46. The second-order valence-electron chi connectivity index (χ2n) is 10.5. The fourth-order valence-corrected chi connectivity index (χ4v) is 6.44. The topological polar surface area (TPSA) is 86.8 Å². The highest BCUT2D eigenvalue weighted by Crippen LogP contribution is 2.26. The summed E-state index contributed by atoms with van der Waals surface area (Å²) in [4.78, 5) is 29.8. The number of hydrogen-bond donors (Lipinski definition) is 1. The van der Waals surface area contributed by atoms with Crippen LogP contribution in [0.1, 0.15) is 31.4 Å². The number of anilines is 1. The highest BCUT2D eigenvalue weighted by Gasteiger charge is 2.35. The summed E-state index contributed by atoms with van der Waals surface area (Å²) in [7, 11) is -4.19. The van der Waals surface area contributed by atoms with Crippen molar-refractivity contribution in [3.8, 4) is 0 Å². The molecule has 4 aromatic carbocycles. The lowest BCUT2D eigenvalue weighted by Gasteiger charge is -2.34. The number of rotatable bonds is 13. The molecule has 1 N–H and O–H groups in total. The number of carbonyl (C=O) groups is 2. The molecule has 0 aliphatic carbocycles. The zero-order valence-corrected chi connectivity index (χ0v) is 27.7. The van der Waals surface area contributed by atoms with E-state index in [0.29, 0.717) is 17.1 Å². The highest BCUT2D eigenvalue weighted by atomic mass is 79.9. The summed E-state index contributed by atoms with van der Waals surface area (Å²) in [5.74, 6) is -0.824. The van der Waals surface area contributed by atoms with Gasteiger partial charge in [-0.25, -0.2) is 8.42 Å². The smallest absolute Gasteiger partial charge is 0.264 e. The van der Waals surface area contributed by atoms with E-state index in [1.54, 1.807) is 30.3 Å². The Morgan fingerprint density at radius 3 is 2.02 bits per heavy atom. The normalized spacial score (nSPS) is 12.6. The van der Waals surface area contributed by atoms with Crippen LogP contribution in [0.2, 0.25) is 5.02 Å². The van der Waals surface area contributed by atoms with Crippen molar-refractivity contribution in [2.24, 2.45) is 0 Å². The van der Waals surface area contributed by atoms with Gasteiger partial charge in [0.25, 0.3) is 10.0 Å². The number of nitrogens with zero attached hydrogens (tertiary/aromatic N) is 2. The molecule has 0 aromatic heterocycles. The van der Waals surface area contributed by atoms with Gasteiger partial charge in [0.1, 0.15) is 12.6 Å². The fourth-order valence-electron chi connectivity index (χ4n) is 4.64. The number of halogens is 2. The molecule has 230 valence electrons. The van der Waals surface area contributed by atoms with E-state index < -0.39 is 28.5 Å². The number of amides is 2. The molecular formula is C34H35BrClN3O4S. The molecule has 0 saturated heterocycles. The van der Waals surface area contributed by atoms with Gasteiger partial charge in [0, 0.05) is 28.5 Å². The maximum Gasteiger partial charge on any atom is 0.264 e. The lowest BCUT2D eigenvalue weighted by atomic mass is 10.0. The molecule has 2 atom stereocenters. The summed E-state index contributed by atoms with van der Waals surface area (Å²) in [5, 5.41) is 3.43. The molecule has 4 rings (SSSR count). The number of sulfonamides is 1. The first-order valence-corrected chi connectivity index (χ1v) is 16.9. The van der Waals surface area contributed by atoms with E-state index in [2.05, 4.69) is 21.2 Å². The maximum absolute atomic E-state index is 14.4. The molecule has 0 bridgehead atoms. The standard InChI is InChI=1S/C34H35BrClN3O4S/c1-3-25(2)37-34(41)32(22-26-10-6-4-7-11-26)38(23-27-14-16-28(35)17-15-27)33(40)24-39(30-12-8-5-9-13-30)44(42,43)31-20-18-29(36)19-21-31/h4-21,25,32H,3,22-24H2,1-2H3,(H,37,41). The number of carbonyl (C=O) groups excluding carboxylic acids is 2. The predicted molar refractivity (Wildman–Crippen MR) is 179 cm³/mol. The van der Waals surface area contributed by atoms with Gasteiger partial charge in [-0.3, -0.25) is 13.9 Å². The van der Waals surface area contributed by atoms with Crippen LogP contribution in [-0.2, 0) is 32.6 Å². The van der Waals surface area contributed by atoms with Crippen molar-refractivity contribution in [2.45, 2.75) is 50.2 Å². The Balaban J connectivity index is 1.78. The molecule has 0 saturated carbocycles. The monoisotopic (exact) mass is 695 g/mol. The van der Waals surface area contributed by atoms with Gasteiger partial charge in [-0.05, 0) is 73.0 Å². The molecule has 10 heteroatoms. The van der Waals surface area contributed by atoms with Crippen LogP contribution in [0.25, 0.3) is 0 Å². The van der Waals surface area contributed by atoms with Crippen molar-refractivity contribution < 1.29 is 18.0 Å². The van der Waals surface area contributed by atoms with E-state index in [9.17, 15) is 18.0 Å². The van der Waals surface area contributed by atoms with Crippen LogP contribution < -0.4 is 9.62 Å². The van der Waals surface area contributed by atoms with E-state index >= 15 is 0 Å². The summed E-state index contributed by atoms with van der Waals surface area (Å²) >= 11 is 9.49. The van der Waals surface area contributed by atoms with E-state index in [0.717, 1.165) is 19.9 Å². The second kappa shape index (κ2) is 15.4. The van der Waals surface area contributed by atoms with Gasteiger partial charge in [-0.1, -0.05) is 95.1 Å². The Hall–Kier alpha value is -3.66. The number of para-hydroxylation sites is 1. The Kier molecular flexibility index (Phi) is 11.6. The first kappa shape index (κ1) is 33.2. The third kappa shape index (κ3) is 8.71. The number of benzene rings is 4. The molecule has 0 radical (unpaired) electrons. The zero-order chi connectivity index (χ0) is 31.7. The summed E-state index contributed by atoms with van der Waals surface area (Å²) in [6.07, 6.45) is 0.965. The van der Waals surface area contributed by atoms with Crippen molar-refractivity contribution in [2.75, 3.05) is 10.8 Å². The minimum atomic E-state index is -4.19. The van der Waals surface area contributed by atoms with Crippen molar-refractivity contribution in [3.05, 3.63) is 130 Å². The Morgan fingerprint density at radius 1 is 0.841 bits per heavy atom. The van der Waals surface area contributed by atoms with Gasteiger partial charge < -0.3 is 10.2 Å². The van der Waals surface area contributed by atoms with Crippen LogP contribution in [0.15, 0.2) is 119 Å². The molecule has 0 aliphatic heterocycles. The summed E-state index contributed by atoms with van der Waals surface area (Å²) < 4.78 is 30.0. The van der Waals surface area contributed by atoms with E-state index in [1.807, 2.05) is 68.4 Å². The Labute approximate surface area is 273 Å². The molecule has 2 amide bonds. The molecule has 4 aromatic rings. The van der Waals surface area contributed by atoms with Gasteiger partial charge in [-0.2, -0.15) is 0 Å². The largest absolute Gasteiger partial charge is 0.352 e. The van der Waals surface area contributed by atoms with Gasteiger partial charge in [0.05, 0.1) is 10.6 Å². The van der Waals surface area contributed by atoms with E-state index in [4.69, 9.17) is 11.6 Å². The highest BCUT2D eigenvalue weighted by molar-refractivity contribution is 9.10. The average Bonchev–Trinajstić information content (AvgIpc) is 3.03. The van der Waals surface area contributed by atoms with Gasteiger partial charge in [-0.15, -0.1) is 0 Å². The summed E-state index contributed by atoms with van der Waals surface area (Å²) in [6, 6.07) is 30.2. The van der Waals surface area contributed by atoms with Gasteiger partial charge >= 0.3 is 0 Å². The molecule has 0 heterocycles. The first-order chi connectivity index (χ1) is 21.1. The minimum absolute atomic E-state index is 0.00615. The SMILES string of the molecule is CCC(C)NC(=O)C(Cc1ccccc1)N(Cc1ccc(Br)cc1)C(=O)CN(c1ccccc1)S(=O)(=O)c1ccc(Cl)cc1. The van der Waals surface area contributed by atoms with E-state index in [1.165, 1.54) is 29.2 Å². The molecule has 2 unspecified atom stereocenters. The quantitative estimate of drug-likeness (QED) is 0.166. The lowest BCUT2D eigenvalue weighted by molar-refractivity contribution is -0.140. The number of hydrogen-bond acceptors (Lipinski definition) is 4. The zero-order valence-electron chi connectivity index (χ0n) is 24.6. The van der Waals surface area contributed by atoms with Crippen molar-refractivity contribution in [3.63, 3.8) is 0 Å². The van der Waals surface area contributed by atoms with Crippen LogP contribution in [-0.4, -0.2) is 43.8 Å². The van der Waals surface area contributed by atoms with Crippen LogP contribution in [0, 0.1) is 0 Å². The molecule has 0 fully saturated rings. The van der Waals surface area contributed by atoms with Crippen molar-refractivity contribution >= 4 is 55.1 Å². The second-order valence-corrected chi connectivity index (χ2v) is 13.7. The van der Waals surface area contributed by atoms with Gasteiger partial charge in [0.15, 0.2) is 0 Å². The summed E-state index contributed by atoms with van der Waals surface area (Å²) in [5.41, 5.74) is 1.99. The third-order valence-corrected chi connectivity index (χ3v) is 9.83. The first-order valence-electron chi connectivity index (χ1n) is 14.3. The third-order valence-electron chi connectivity index (χ3n) is 7.26. The molecule has 44 heavy (non-hydrogen) atoms. The van der Waals surface area contributed by atoms with Crippen LogP contribution in [0.4, 0.5) is 5.69 Å². The number of nitrogens with one attached hydrogen (secondary N) is 1. The predicted octanol–water partition coefficient (Wildman–Crippen LogP) is 6.85. The maximum atomic E-state index is 14.4. The van der Waals surface area contributed by atoms with Crippen LogP contribution >= 0.6 is 27.5 Å². The molecule has 0 aliphatic rings. The van der Waals surface area contributed by atoms with Gasteiger partial charge in [0.2, 0.25) is 11.8 Å². The van der Waals surface area contributed by atoms with Crippen LogP contribution in [0.3, 0.4) is 0 Å². The minimum Gasteiger partial charge on any atom is -0.352 e. The Bertz CT molecular complexity index is 1640. The fraction of sp³-hybridized carbons (Fsp3) is 0.235. The molecular weight excluding hydrogens is 662 g/mol. The van der Waals surface area contributed by atoms with Crippen molar-refractivity contribution in [1.82, 2.24) is 10.2 Å². The average molecular weight is 697 g/mol. The Morgan fingerprint density at radius 2 is 1.43 bits per heavy atom. The lowest BCUT2D eigenvalue weighted by Crippen LogP contribution is -2.54. The van der Waals surface area contributed by atoms with Crippen molar-refractivity contribution in [1.29, 1.82) is 0 Å². The molecule has 0 spiro atoms. The van der Waals surface area contributed by atoms with Crippen LogP contribution in [0.5, 0.6) is 0 Å².